The molecule has 1 aromatic rings. The summed E-state index contributed by atoms with van der Waals surface area (Å²) in [5.74, 6) is -0.948. The second kappa shape index (κ2) is 6.60. The number of aryl methyl sites for hydroxylation is 1. The standard InChI is InChI=1S/C14H22N4O3/c1-10-8-16-17(9-10)7-5-15-14(21)18-6-3-4-11(2)12(18)13(19)20/h8-9,11-12H,3-7H2,1-2H3,(H,15,21)(H,19,20). The van der Waals surface area contributed by atoms with Crippen molar-refractivity contribution in [1.29, 1.82) is 0 Å². The van der Waals surface area contributed by atoms with Gasteiger partial charge >= 0.3 is 12.0 Å². The lowest BCUT2D eigenvalue weighted by Crippen LogP contribution is -2.55. The third-order valence-electron chi connectivity index (χ3n) is 3.83. The molecule has 0 aromatic carbocycles. The van der Waals surface area contributed by atoms with E-state index in [2.05, 4.69) is 10.4 Å². The largest absolute Gasteiger partial charge is 0.480 e. The minimum absolute atomic E-state index is 0.0178. The van der Waals surface area contributed by atoms with Gasteiger partial charge < -0.3 is 15.3 Å². The van der Waals surface area contributed by atoms with Crippen molar-refractivity contribution >= 4 is 12.0 Å². The predicted octanol–water partition coefficient (Wildman–Crippen LogP) is 1.09. The van der Waals surface area contributed by atoms with Crippen LogP contribution in [0.3, 0.4) is 0 Å². The number of hydrogen-bond donors (Lipinski definition) is 2. The number of aliphatic carboxylic acids is 1. The van der Waals surface area contributed by atoms with Crippen molar-refractivity contribution < 1.29 is 14.7 Å². The van der Waals surface area contributed by atoms with Gasteiger partial charge in [-0.2, -0.15) is 5.10 Å². The fraction of sp³-hybridized carbons (Fsp3) is 0.643. The van der Waals surface area contributed by atoms with E-state index in [0.29, 0.717) is 19.6 Å². The number of hydrogen-bond acceptors (Lipinski definition) is 3. The highest BCUT2D eigenvalue weighted by molar-refractivity contribution is 5.83. The molecule has 0 aliphatic carbocycles. The Hall–Kier alpha value is -2.05. The van der Waals surface area contributed by atoms with Crippen LogP contribution in [0.2, 0.25) is 0 Å². The Labute approximate surface area is 123 Å². The fourth-order valence-electron chi connectivity index (χ4n) is 2.76. The molecule has 0 radical (unpaired) electrons. The van der Waals surface area contributed by atoms with Gasteiger partial charge in [-0.25, -0.2) is 9.59 Å². The van der Waals surface area contributed by atoms with Crippen molar-refractivity contribution in [2.75, 3.05) is 13.1 Å². The third-order valence-corrected chi connectivity index (χ3v) is 3.83. The number of carboxylic acids is 1. The SMILES string of the molecule is Cc1cnn(CCNC(=O)N2CCCC(C)C2C(=O)O)c1. The van der Waals surface area contributed by atoms with Crippen molar-refractivity contribution in [1.82, 2.24) is 20.0 Å². The van der Waals surface area contributed by atoms with Crippen LogP contribution in [-0.4, -0.2) is 50.9 Å². The summed E-state index contributed by atoms with van der Waals surface area (Å²) < 4.78 is 1.75. The zero-order chi connectivity index (χ0) is 15.4. The van der Waals surface area contributed by atoms with Crippen molar-refractivity contribution in [3.05, 3.63) is 18.0 Å². The molecule has 7 nitrogen and oxygen atoms in total. The molecule has 0 spiro atoms. The van der Waals surface area contributed by atoms with Crippen LogP contribution >= 0.6 is 0 Å². The first-order chi connectivity index (χ1) is 9.99. The highest BCUT2D eigenvalue weighted by Gasteiger charge is 2.36. The summed E-state index contributed by atoms with van der Waals surface area (Å²) in [6, 6.07) is -1.04. The number of amides is 2. The summed E-state index contributed by atoms with van der Waals surface area (Å²) in [5.41, 5.74) is 1.07. The van der Waals surface area contributed by atoms with Crippen molar-refractivity contribution in [2.24, 2.45) is 5.92 Å². The van der Waals surface area contributed by atoms with E-state index in [4.69, 9.17) is 0 Å². The maximum Gasteiger partial charge on any atom is 0.326 e. The first-order valence-corrected chi connectivity index (χ1v) is 7.25. The number of nitrogens with zero attached hydrogens (tertiary/aromatic N) is 3. The minimum atomic E-state index is -0.931. The van der Waals surface area contributed by atoms with E-state index >= 15 is 0 Å². The molecule has 116 valence electrons. The number of carbonyl (C=O) groups is 2. The number of aromatic nitrogens is 2. The number of carboxylic acid groups (broad SMARTS) is 1. The van der Waals surface area contributed by atoms with Gasteiger partial charge in [-0.05, 0) is 31.2 Å². The van der Waals surface area contributed by atoms with Crippen LogP contribution in [0.25, 0.3) is 0 Å². The molecule has 0 bridgehead atoms. The van der Waals surface area contributed by atoms with Crippen LogP contribution in [-0.2, 0) is 11.3 Å². The van der Waals surface area contributed by atoms with Gasteiger partial charge in [0.15, 0.2) is 0 Å². The summed E-state index contributed by atoms with van der Waals surface area (Å²) in [6.07, 6.45) is 5.34. The average Bonchev–Trinajstić information content (AvgIpc) is 2.83. The summed E-state index contributed by atoms with van der Waals surface area (Å²) in [6.45, 7) is 5.32. The molecule has 1 aliphatic rings. The molecule has 7 heteroatoms. The number of rotatable bonds is 4. The summed E-state index contributed by atoms with van der Waals surface area (Å²) in [5, 5.41) is 16.2. The molecule has 2 amide bonds. The second-order valence-electron chi connectivity index (χ2n) is 5.61. The van der Waals surface area contributed by atoms with Crippen LogP contribution in [0, 0.1) is 12.8 Å². The molecular formula is C14H22N4O3. The Bertz CT molecular complexity index is 514. The molecule has 2 unspecified atom stereocenters. The molecule has 2 atom stereocenters. The minimum Gasteiger partial charge on any atom is -0.480 e. The second-order valence-corrected chi connectivity index (χ2v) is 5.61. The molecule has 1 aliphatic heterocycles. The number of carbonyl (C=O) groups excluding carboxylic acids is 1. The molecule has 2 heterocycles. The van der Waals surface area contributed by atoms with E-state index in [-0.39, 0.29) is 11.9 Å². The summed E-state index contributed by atoms with van der Waals surface area (Å²) in [4.78, 5) is 25.0. The van der Waals surface area contributed by atoms with Gasteiger partial charge in [0.2, 0.25) is 0 Å². The molecule has 1 aromatic heterocycles. The molecule has 0 saturated carbocycles. The number of likely N-dealkylation sites (tertiary alicyclic amines) is 1. The van der Waals surface area contributed by atoms with Crippen molar-refractivity contribution in [3.63, 3.8) is 0 Å². The zero-order valence-electron chi connectivity index (χ0n) is 12.5. The lowest BCUT2D eigenvalue weighted by Gasteiger charge is -2.37. The maximum atomic E-state index is 12.2. The molecular weight excluding hydrogens is 272 g/mol. The van der Waals surface area contributed by atoms with E-state index in [1.54, 1.807) is 10.9 Å². The average molecular weight is 294 g/mol. The van der Waals surface area contributed by atoms with Gasteiger partial charge in [0, 0.05) is 19.3 Å². The first-order valence-electron chi connectivity index (χ1n) is 7.25. The summed E-state index contributed by atoms with van der Waals surface area (Å²) >= 11 is 0. The highest BCUT2D eigenvalue weighted by atomic mass is 16.4. The molecule has 1 saturated heterocycles. The Kier molecular flexibility index (Phi) is 4.82. The Morgan fingerprint density at radius 1 is 1.52 bits per heavy atom. The Morgan fingerprint density at radius 2 is 2.29 bits per heavy atom. The van der Waals surface area contributed by atoms with E-state index < -0.39 is 12.0 Å². The molecule has 1 fully saturated rings. The number of nitrogens with one attached hydrogen (secondary N) is 1. The van der Waals surface area contributed by atoms with E-state index in [1.165, 1.54) is 4.90 Å². The normalized spacial score (nSPS) is 22.1. The van der Waals surface area contributed by atoms with Crippen molar-refractivity contribution in [3.8, 4) is 0 Å². The van der Waals surface area contributed by atoms with Crippen LogP contribution in [0.5, 0.6) is 0 Å². The van der Waals surface area contributed by atoms with Gasteiger partial charge in [-0.1, -0.05) is 6.92 Å². The third kappa shape index (κ3) is 3.74. The maximum absolute atomic E-state index is 12.2. The predicted molar refractivity (Wildman–Crippen MR) is 76.9 cm³/mol. The Morgan fingerprint density at radius 3 is 2.90 bits per heavy atom. The lowest BCUT2D eigenvalue weighted by atomic mass is 9.91. The number of urea groups is 1. The van der Waals surface area contributed by atoms with Crippen LogP contribution in [0.4, 0.5) is 4.79 Å². The van der Waals surface area contributed by atoms with Crippen LogP contribution in [0.15, 0.2) is 12.4 Å². The fourth-order valence-corrected chi connectivity index (χ4v) is 2.76. The quantitative estimate of drug-likeness (QED) is 0.870. The number of piperidine rings is 1. The van der Waals surface area contributed by atoms with Crippen LogP contribution < -0.4 is 5.32 Å². The van der Waals surface area contributed by atoms with Gasteiger partial charge in [0.05, 0.1) is 12.7 Å². The van der Waals surface area contributed by atoms with Gasteiger partial charge in [-0.3, -0.25) is 4.68 Å². The van der Waals surface area contributed by atoms with Crippen LogP contribution in [0.1, 0.15) is 25.3 Å². The first kappa shape index (κ1) is 15.3. The van der Waals surface area contributed by atoms with Gasteiger partial charge in [0.1, 0.15) is 6.04 Å². The van der Waals surface area contributed by atoms with Gasteiger partial charge in [0.25, 0.3) is 0 Å². The highest BCUT2D eigenvalue weighted by Crippen LogP contribution is 2.23. The van der Waals surface area contributed by atoms with E-state index in [9.17, 15) is 14.7 Å². The Balaban J connectivity index is 1.87. The lowest BCUT2D eigenvalue weighted by molar-refractivity contribution is -0.145. The van der Waals surface area contributed by atoms with Crippen molar-refractivity contribution in [2.45, 2.75) is 39.3 Å². The van der Waals surface area contributed by atoms with Gasteiger partial charge in [-0.15, -0.1) is 0 Å². The molecule has 2 rings (SSSR count). The molecule has 21 heavy (non-hydrogen) atoms. The van der Waals surface area contributed by atoms with E-state index in [0.717, 1.165) is 18.4 Å². The monoisotopic (exact) mass is 294 g/mol. The topological polar surface area (TPSA) is 87.5 Å². The smallest absolute Gasteiger partial charge is 0.326 e. The molecule has 2 N–H and O–H groups in total. The summed E-state index contributed by atoms with van der Waals surface area (Å²) in [7, 11) is 0. The zero-order valence-corrected chi connectivity index (χ0v) is 12.5. The van der Waals surface area contributed by atoms with E-state index in [1.807, 2.05) is 20.0 Å².